The summed E-state index contributed by atoms with van der Waals surface area (Å²) < 4.78 is 7.43. The molecule has 0 atom stereocenters. The number of fused-ring (bicyclic) bond motifs is 1. The number of carbonyl (C=O) groups is 1. The standard InChI is InChI=1S/C34H44N6O4/c1-2-3-20-44-31-21-29-32(33(35)37-31)38-34(43)40(29)23-27-6-4-26(5-7-27)22-39-18-15-25(16-19-39)14-17-36-30(42)13-10-24-8-11-28(41)12-9-24/h4-9,11-12,21,25,41H,2-3,10,13-20,22-23H2,1H3,(H2,35,37)(H,36,42)(H,38,43). The van der Waals surface area contributed by atoms with Gasteiger partial charge in [0.2, 0.25) is 11.8 Å². The van der Waals surface area contributed by atoms with Crippen molar-refractivity contribution in [1.82, 2.24) is 24.8 Å². The predicted octanol–water partition coefficient (Wildman–Crippen LogP) is 4.59. The molecular weight excluding hydrogens is 556 g/mol. The normalized spacial score (nSPS) is 14.2. The summed E-state index contributed by atoms with van der Waals surface area (Å²) in [6, 6.07) is 17.3. The summed E-state index contributed by atoms with van der Waals surface area (Å²) >= 11 is 0. The molecule has 5 rings (SSSR count). The highest BCUT2D eigenvalue weighted by Crippen LogP contribution is 2.24. The molecule has 10 nitrogen and oxygen atoms in total. The van der Waals surface area contributed by atoms with Crippen LogP contribution in [-0.4, -0.2) is 56.7 Å². The van der Waals surface area contributed by atoms with E-state index in [-0.39, 0.29) is 23.2 Å². The van der Waals surface area contributed by atoms with Crippen LogP contribution in [0.4, 0.5) is 5.82 Å². The first kappa shape index (κ1) is 31.1. The number of nitrogens with two attached hydrogens (primary N) is 1. The van der Waals surface area contributed by atoms with E-state index < -0.39 is 0 Å². The van der Waals surface area contributed by atoms with Crippen molar-refractivity contribution < 1.29 is 14.6 Å². The molecule has 0 saturated carbocycles. The molecular formula is C34H44N6O4. The number of phenols is 1. The topological polar surface area (TPSA) is 138 Å². The fourth-order valence-corrected chi connectivity index (χ4v) is 5.75. The summed E-state index contributed by atoms with van der Waals surface area (Å²) in [5, 5.41) is 12.5. The zero-order valence-corrected chi connectivity index (χ0v) is 25.6. The molecule has 10 heteroatoms. The van der Waals surface area contributed by atoms with Crippen LogP contribution in [0.25, 0.3) is 11.0 Å². The first-order valence-electron chi connectivity index (χ1n) is 15.7. The fraction of sp³-hybridized carbons (Fsp3) is 0.441. The molecule has 0 aliphatic carbocycles. The van der Waals surface area contributed by atoms with Crippen molar-refractivity contribution in [2.45, 2.75) is 65.0 Å². The molecule has 0 bridgehead atoms. The van der Waals surface area contributed by atoms with E-state index in [2.05, 4.69) is 51.4 Å². The second-order valence-electron chi connectivity index (χ2n) is 11.8. The van der Waals surface area contributed by atoms with Crippen LogP contribution in [0.3, 0.4) is 0 Å². The Labute approximate surface area is 258 Å². The Morgan fingerprint density at radius 3 is 2.45 bits per heavy atom. The lowest BCUT2D eigenvalue weighted by atomic mass is 9.93. The lowest BCUT2D eigenvalue weighted by Crippen LogP contribution is -2.34. The van der Waals surface area contributed by atoms with Crippen LogP contribution in [0.15, 0.2) is 59.4 Å². The van der Waals surface area contributed by atoms with Gasteiger partial charge in [-0.3, -0.25) is 14.3 Å². The van der Waals surface area contributed by atoms with Gasteiger partial charge < -0.3 is 25.9 Å². The summed E-state index contributed by atoms with van der Waals surface area (Å²) in [5.41, 5.74) is 10.5. The number of rotatable bonds is 14. The lowest BCUT2D eigenvalue weighted by molar-refractivity contribution is -0.121. The van der Waals surface area contributed by atoms with Gasteiger partial charge in [0, 0.05) is 25.6 Å². The van der Waals surface area contributed by atoms with Gasteiger partial charge in [-0.25, -0.2) is 4.79 Å². The molecule has 0 spiro atoms. The number of hydrogen-bond donors (Lipinski definition) is 4. The maximum atomic E-state index is 12.8. The van der Waals surface area contributed by atoms with Crippen LogP contribution in [0.2, 0.25) is 0 Å². The molecule has 0 unspecified atom stereocenters. The summed E-state index contributed by atoms with van der Waals surface area (Å²) in [6.07, 6.45) is 6.35. The van der Waals surface area contributed by atoms with Crippen molar-refractivity contribution >= 4 is 22.8 Å². The number of anilines is 1. The third-order valence-electron chi connectivity index (χ3n) is 8.45. The number of nitrogens with one attached hydrogen (secondary N) is 2. The monoisotopic (exact) mass is 600 g/mol. The fourth-order valence-electron chi connectivity index (χ4n) is 5.75. The second-order valence-corrected chi connectivity index (χ2v) is 11.8. The van der Waals surface area contributed by atoms with E-state index >= 15 is 0 Å². The van der Waals surface area contributed by atoms with E-state index in [4.69, 9.17) is 10.5 Å². The summed E-state index contributed by atoms with van der Waals surface area (Å²) in [5.74, 6) is 1.64. The Morgan fingerprint density at radius 2 is 1.75 bits per heavy atom. The maximum absolute atomic E-state index is 12.8. The molecule has 1 aliphatic rings. The Morgan fingerprint density at radius 1 is 1.07 bits per heavy atom. The van der Waals surface area contributed by atoms with E-state index in [1.807, 2.05) is 12.1 Å². The molecule has 4 aromatic rings. The van der Waals surface area contributed by atoms with Crippen LogP contribution in [-0.2, 0) is 24.3 Å². The lowest BCUT2D eigenvalue weighted by Gasteiger charge is -2.32. The average molecular weight is 601 g/mol. The number of aromatic nitrogens is 3. The Bertz CT molecular complexity index is 1570. The van der Waals surface area contributed by atoms with Gasteiger partial charge in [0.1, 0.15) is 11.3 Å². The van der Waals surface area contributed by atoms with Crippen molar-refractivity contribution in [3.05, 3.63) is 81.8 Å². The molecule has 44 heavy (non-hydrogen) atoms. The number of amides is 1. The number of unbranched alkanes of at least 4 members (excludes halogenated alkanes) is 1. The van der Waals surface area contributed by atoms with Gasteiger partial charge in [-0.1, -0.05) is 49.7 Å². The van der Waals surface area contributed by atoms with Gasteiger partial charge in [-0.15, -0.1) is 0 Å². The van der Waals surface area contributed by atoms with E-state index in [9.17, 15) is 14.7 Å². The Hall–Kier alpha value is -4.31. The van der Waals surface area contributed by atoms with Crippen molar-refractivity contribution in [3.8, 4) is 11.6 Å². The number of nitrogen functional groups attached to an aromatic ring is 1. The van der Waals surface area contributed by atoms with Gasteiger partial charge in [0.25, 0.3) is 0 Å². The van der Waals surface area contributed by atoms with Crippen molar-refractivity contribution in [3.63, 3.8) is 0 Å². The van der Waals surface area contributed by atoms with Gasteiger partial charge in [-0.2, -0.15) is 4.98 Å². The van der Waals surface area contributed by atoms with E-state index in [0.717, 1.165) is 69.4 Å². The van der Waals surface area contributed by atoms with Crippen LogP contribution in [0.5, 0.6) is 11.6 Å². The van der Waals surface area contributed by atoms with Crippen LogP contribution >= 0.6 is 0 Å². The number of hydrogen-bond acceptors (Lipinski definition) is 7. The predicted molar refractivity (Wildman–Crippen MR) is 173 cm³/mol. The third-order valence-corrected chi connectivity index (χ3v) is 8.45. The third kappa shape index (κ3) is 8.41. The van der Waals surface area contributed by atoms with Crippen molar-refractivity contribution in [2.24, 2.45) is 5.92 Å². The number of aromatic amines is 1. The number of pyridine rings is 1. The average Bonchev–Trinajstić information content (AvgIpc) is 3.34. The molecule has 1 saturated heterocycles. The van der Waals surface area contributed by atoms with E-state index in [0.29, 0.717) is 48.8 Å². The summed E-state index contributed by atoms with van der Waals surface area (Å²) in [4.78, 5) is 34.6. The molecule has 0 radical (unpaired) electrons. The number of aryl methyl sites for hydroxylation is 1. The van der Waals surface area contributed by atoms with Crippen LogP contribution in [0, 0.1) is 5.92 Å². The highest BCUT2D eigenvalue weighted by atomic mass is 16.5. The summed E-state index contributed by atoms with van der Waals surface area (Å²) in [7, 11) is 0. The SMILES string of the molecule is CCCCOc1cc2c([nH]c(=O)n2Cc2ccc(CN3CCC(CCNC(=O)CCc4ccc(O)cc4)CC3)cc2)c(N)n1. The smallest absolute Gasteiger partial charge is 0.326 e. The van der Waals surface area contributed by atoms with E-state index in [1.54, 1.807) is 22.8 Å². The van der Waals surface area contributed by atoms with Gasteiger partial charge in [0.05, 0.1) is 18.7 Å². The Kier molecular flexibility index (Phi) is 10.6. The van der Waals surface area contributed by atoms with Crippen molar-refractivity contribution in [1.29, 1.82) is 0 Å². The largest absolute Gasteiger partial charge is 0.508 e. The van der Waals surface area contributed by atoms with E-state index in [1.165, 1.54) is 5.56 Å². The molecule has 1 fully saturated rings. The van der Waals surface area contributed by atoms with Gasteiger partial charge in [0.15, 0.2) is 5.82 Å². The molecule has 5 N–H and O–H groups in total. The maximum Gasteiger partial charge on any atom is 0.326 e. The number of nitrogens with zero attached hydrogens (tertiary/aromatic N) is 3. The first-order chi connectivity index (χ1) is 21.4. The van der Waals surface area contributed by atoms with Gasteiger partial charge >= 0.3 is 5.69 Å². The van der Waals surface area contributed by atoms with Crippen molar-refractivity contribution in [2.75, 3.05) is 32.0 Å². The highest BCUT2D eigenvalue weighted by molar-refractivity contribution is 5.85. The highest BCUT2D eigenvalue weighted by Gasteiger charge is 2.19. The molecule has 234 valence electrons. The zero-order valence-electron chi connectivity index (χ0n) is 25.6. The number of piperidine rings is 1. The number of benzene rings is 2. The molecule has 1 aliphatic heterocycles. The zero-order chi connectivity index (χ0) is 30.9. The number of phenolic OH excluding ortho intramolecular Hbond substituents is 1. The molecule has 2 aromatic heterocycles. The minimum absolute atomic E-state index is 0.0795. The number of H-pyrrole nitrogens is 1. The first-order valence-corrected chi connectivity index (χ1v) is 15.7. The number of carbonyl (C=O) groups excluding carboxylic acids is 1. The quantitative estimate of drug-likeness (QED) is 0.155. The van der Waals surface area contributed by atoms with Gasteiger partial charge in [-0.05, 0) is 79.9 Å². The number of imidazole rings is 1. The number of aromatic hydroxyl groups is 1. The minimum Gasteiger partial charge on any atom is -0.508 e. The number of likely N-dealkylation sites (tertiary alicyclic amines) is 1. The summed E-state index contributed by atoms with van der Waals surface area (Å²) in [6.45, 7) is 6.79. The number of ether oxygens (including phenoxy) is 1. The molecule has 1 amide bonds. The van der Waals surface area contributed by atoms with Crippen LogP contribution in [0.1, 0.15) is 62.1 Å². The van der Waals surface area contributed by atoms with Crippen LogP contribution < -0.4 is 21.5 Å². The molecule has 3 heterocycles. The second kappa shape index (κ2) is 14.9. The molecule has 2 aromatic carbocycles. The minimum atomic E-state index is -0.222. The Balaban J connectivity index is 1.05.